The molecule has 0 fully saturated rings. The minimum Gasteiger partial charge on any atom is -0.357 e. The van der Waals surface area contributed by atoms with Gasteiger partial charge >= 0.3 is 0 Å². The van der Waals surface area contributed by atoms with Crippen molar-refractivity contribution < 1.29 is 0 Å². The van der Waals surface area contributed by atoms with Gasteiger partial charge in [0.15, 0.2) is 5.96 Å². The molecule has 2 aromatic rings. The first-order chi connectivity index (χ1) is 10.7. The number of nitrogens with one attached hydrogen (secondary N) is 2. The molecule has 0 bridgehead atoms. The number of pyridine rings is 1. The molecule has 1 aromatic heterocycles. The van der Waals surface area contributed by atoms with E-state index in [0.717, 1.165) is 18.2 Å². The molecule has 23 heavy (non-hydrogen) atoms. The molecule has 0 saturated carbocycles. The van der Waals surface area contributed by atoms with Crippen LogP contribution in [0.3, 0.4) is 0 Å². The number of benzene rings is 1. The minimum atomic E-state index is 0. The second-order valence-electron chi connectivity index (χ2n) is 5.30. The molecule has 4 nitrogen and oxygen atoms in total. The molecule has 0 aliphatic carbocycles. The van der Waals surface area contributed by atoms with Gasteiger partial charge in [-0.1, -0.05) is 35.9 Å². The first kappa shape index (κ1) is 19.4. The summed E-state index contributed by atoms with van der Waals surface area (Å²) >= 11 is 0. The molecule has 1 aromatic carbocycles. The normalized spacial score (nSPS) is 10.8. The van der Waals surface area contributed by atoms with E-state index in [2.05, 4.69) is 71.7 Å². The molecule has 0 unspecified atom stereocenters. The Morgan fingerprint density at radius 1 is 1.09 bits per heavy atom. The van der Waals surface area contributed by atoms with Crippen molar-refractivity contribution in [3.63, 3.8) is 0 Å². The van der Waals surface area contributed by atoms with Gasteiger partial charge in [0.1, 0.15) is 0 Å². The van der Waals surface area contributed by atoms with Gasteiger partial charge in [0.25, 0.3) is 0 Å². The van der Waals surface area contributed by atoms with Crippen molar-refractivity contribution in [3.8, 4) is 0 Å². The number of nitrogens with zero attached hydrogens (tertiary/aromatic N) is 2. The SMILES string of the molecule is CCNC(=NCc1ccc(C)cc1)NCc1ncccc1C.I. The maximum Gasteiger partial charge on any atom is 0.191 e. The van der Waals surface area contributed by atoms with Crippen molar-refractivity contribution in [2.75, 3.05) is 6.54 Å². The van der Waals surface area contributed by atoms with Crippen molar-refractivity contribution in [2.24, 2.45) is 4.99 Å². The molecular formula is C18H25IN4. The van der Waals surface area contributed by atoms with Crippen LogP contribution in [0.4, 0.5) is 0 Å². The zero-order valence-corrected chi connectivity index (χ0v) is 16.3. The average molecular weight is 424 g/mol. The molecule has 2 N–H and O–H groups in total. The third kappa shape index (κ3) is 6.56. The van der Waals surface area contributed by atoms with Crippen molar-refractivity contribution in [1.29, 1.82) is 0 Å². The molecule has 0 atom stereocenters. The monoisotopic (exact) mass is 424 g/mol. The lowest BCUT2D eigenvalue weighted by atomic mass is 10.1. The van der Waals surface area contributed by atoms with Gasteiger partial charge in [-0.2, -0.15) is 0 Å². The van der Waals surface area contributed by atoms with E-state index in [-0.39, 0.29) is 24.0 Å². The van der Waals surface area contributed by atoms with Crippen LogP contribution in [0, 0.1) is 13.8 Å². The van der Waals surface area contributed by atoms with Crippen LogP contribution in [0.15, 0.2) is 47.6 Å². The van der Waals surface area contributed by atoms with Crippen molar-refractivity contribution in [1.82, 2.24) is 15.6 Å². The van der Waals surface area contributed by atoms with Crippen LogP contribution in [-0.4, -0.2) is 17.5 Å². The van der Waals surface area contributed by atoms with Crippen LogP contribution in [0.5, 0.6) is 0 Å². The van der Waals surface area contributed by atoms with E-state index in [1.165, 1.54) is 16.7 Å². The molecule has 124 valence electrons. The van der Waals surface area contributed by atoms with Crippen molar-refractivity contribution in [3.05, 3.63) is 65.0 Å². The maximum absolute atomic E-state index is 4.62. The van der Waals surface area contributed by atoms with Crippen molar-refractivity contribution >= 4 is 29.9 Å². The number of aromatic nitrogens is 1. The quantitative estimate of drug-likeness (QED) is 0.439. The van der Waals surface area contributed by atoms with Crippen LogP contribution < -0.4 is 10.6 Å². The molecule has 0 aliphatic rings. The lowest BCUT2D eigenvalue weighted by molar-refractivity contribution is 0.794. The molecule has 2 rings (SSSR count). The molecule has 1 heterocycles. The number of rotatable bonds is 5. The third-order valence-electron chi connectivity index (χ3n) is 3.43. The molecule has 5 heteroatoms. The summed E-state index contributed by atoms with van der Waals surface area (Å²) in [7, 11) is 0. The third-order valence-corrected chi connectivity index (χ3v) is 3.43. The van der Waals surface area contributed by atoms with Gasteiger partial charge in [0.2, 0.25) is 0 Å². The minimum absolute atomic E-state index is 0. The Morgan fingerprint density at radius 2 is 1.83 bits per heavy atom. The maximum atomic E-state index is 4.62. The number of aryl methyl sites for hydroxylation is 2. The predicted octanol–water partition coefficient (Wildman–Crippen LogP) is 3.57. The predicted molar refractivity (Wildman–Crippen MR) is 107 cm³/mol. The Hall–Kier alpha value is -1.63. The van der Waals surface area contributed by atoms with E-state index in [0.29, 0.717) is 13.1 Å². The fraction of sp³-hybridized carbons (Fsp3) is 0.333. The smallest absolute Gasteiger partial charge is 0.191 e. The Morgan fingerprint density at radius 3 is 2.48 bits per heavy atom. The Labute approximate surface area is 155 Å². The zero-order valence-electron chi connectivity index (χ0n) is 14.0. The molecule has 0 saturated heterocycles. The summed E-state index contributed by atoms with van der Waals surface area (Å²) in [5.74, 6) is 0.813. The number of guanidine groups is 1. The first-order valence-corrected chi connectivity index (χ1v) is 7.67. The highest BCUT2D eigenvalue weighted by Gasteiger charge is 2.01. The summed E-state index contributed by atoms with van der Waals surface area (Å²) in [4.78, 5) is 9.02. The van der Waals surface area contributed by atoms with Crippen molar-refractivity contribution in [2.45, 2.75) is 33.9 Å². The van der Waals surface area contributed by atoms with Crippen LogP contribution >= 0.6 is 24.0 Å². The Bertz CT molecular complexity index is 623. The number of halogens is 1. The van der Waals surface area contributed by atoms with Gasteiger partial charge in [-0.15, -0.1) is 24.0 Å². The first-order valence-electron chi connectivity index (χ1n) is 7.67. The molecule has 0 radical (unpaired) electrons. The second kappa shape index (κ2) is 10.2. The van der Waals surface area contributed by atoms with Gasteiger partial charge < -0.3 is 10.6 Å². The summed E-state index contributed by atoms with van der Waals surface area (Å²) in [5, 5.41) is 6.60. The van der Waals surface area contributed by atoms with E-state index >= 15 is 0 Å². The summed E-state index contributed by atoms with van der Waals surface area (Å²) in [5.41, 5.74) is 4.70. The average Bonchev–Trinajstić information content (AvgIpc) is 2.53. The highest BCUT2D eigenvalue weighted by Crippen LogP contribution is 2.05. The summed E-state index contributed by atoms with van der Waals surface area (Å²) < 4.78 is 0. The number of hydrogen-bond acceptors (Lipinski definition) is 2. The van der Waals surface area contributed by atoms with E-state index < -0.39 is 0 Å². The van der Waals surface area contributed by atoms with E-state index in [9.17, 15) is 0 Å². The summed E-state index contributed by atoms with van der Waals surface area (Å²) in [6.07, 6.45) is 1.82. The topological polar surface area (TPSA) is 49.3 Å². The van der Waals surface area contributed by atoms with E-state index in [4.69, 9.17) is 0 Å². The Kier molecular flexibility index (Phi) is 8.61. The molecule has 0 aliphatic heterocycles. The summed E-state index contributed by atoms with van der Waals surface area (Å²) in [6, 6.07) is 12.5. The van der Waals surface area contributed by atoms with Gasteiger partial charge in [-0.05, 0) is 38.0 Å². The highest BCUT2D eigenvalue weighted by atomic mass is 127. The summed E-state index contributed by atoms with van der Waals surface area (Å²) in [6.45, 7) is 8.40. The molecular weight excluding hydrogens is 399 g/mol. The lowest BCUT2D eigenvalue weighted by Crippen LogP contribution is -2.37. The molecule has 0 spiro atoms. The number of hydrogen-bond donors (Lipinski definition) is 2. The van der Waals surface area contributed by atoms with Gasteiger partial charge in [0.05, 0.1) is 18.8 Å². The van der Waals surface area contributed by atoms with Crippen LogP contribution in [-0.2, 0) is 13.1 Å². The van der Waals surface area contributed by atoms with Crippen LogP contribution in [0.1, 0.15) is 29.3 Å². The van der Waals surface area contributed by atoms with E-state index in [1.807, 2.05) is 12.3 Å². The standard InChI is InChI=1S/C18H24N4.HI/c1-4-19-18(21-12-16-9-7-14(2)8-10-16)22-13-17-15(3)6-5-11-20-17;/h5-11H,4,12-13H2,1-3H3,(H2,19,21,22);1H. The van der Waals surface area contributed by atoms with Crippen LogP contribution in [0.2, 0.25) is 0 Å². The zero-order chi connectivity index (χ0) is 15.8. The van der Waals surface area contributed by atoms with Gasteiger partial charge in [-0.25, -0.2) is 4.99 Å². The largest absolute Gasteiger partial charge is 0.357 e. The fourth-order valence-electron chi connectivity index (χ4n) is 2.08. The Balaban J connectivity index is 0.00000264. The van der Waals surface area contributed by atoms with Gasteiger partial charge in [-0.3, -0.25) is 4.98 Å². The molecule has 0 amide bonds. The lowest BCUT2D eigenvalue weighted by Gasteiger charge is -2.12. The number of aliphatic imine (C=N–C) groups is 1. The van der Waals surface area contributed by atoms with Crippen LogP contribution in [0.25, 0.3) is 0 Å². The highest BCUT2D eigenvalue weighted by molar-refractivity contribution is 14.0. The fourth-order valence-corrected chi connectivity index (χ4v) is 2.08. The second-order valence-corrected chi connectivity index (χ2v) is 5.30. The van der Waals surface area contributed by atoms with Gasteiger partial charge in [0, 0.05) is 12.7 Å². The van der Waals surface area contributed by atoms with E-state index in [1.54, 1.807) is 0 Å².